The first kappa shape index (κ1) is 9.13. The Morgan fingerprint density at radius 3 is 2.78 bits per heavy atom. The van der Waals surface area contributed by atoms with Crippen LogP contribution in [0.1, 0.15) is 6.92 Å². The minimum atomic E-state index is -0.377. The Morgan fingerprint density at radius 2 is 2.33 bits per heavy atom. The van der Waals surface area contributed by atoms with E-state index in [1.54, 1.807) is 0 Å². The molecule has 1 atom stereocenters. The predicted molar refractivity (Wildman–Crippen MR) is 34.5 cm³/mol. The maximum Gasteiger partial charge on any atom is 0.112 e. The standard InChI is InChI=1S/C4H11ClN2O2/c1-2-8-9-3-4(6)7-5/h4,7H,2-3,6H2,1H3. The van der Waals surface area contributed by atoms with E-state index >= 15 is 0 Å². The van der Waals surface area contributed by atoms with Crippen molar-refractivity contribution in [2.45, 2.75) is 13.1 Å². The average molecular weight is 155 g/mol. The van der Waals surface area contributed by atoms with Gasteiger partial charge in [-0.3, -0.25) is 0 Å². The molecule has 0 spiro atoms. The van der Waals surface area contributed by atoms with Gasteiger partial charge in [-0.1, -0.05) is 0 Å². The summed E-state index contributed by atoms with van der Waals surface area (Å²) < 4.78 is 0. The first-order chi connectivity index (χ1) is 4.31. The molecule has 0 aliphatic rings. The molecule has 0 amide bonds. The Bertz CT molecular complexity index is 64.5. The Kier molecular flexibility index (Phi) is 6.34. The molecule has 56 valence electrons. The van der Waals surface area contributed by atoms with E-state index in [9.17, 15) is 0 Å². The van der Waals surface area contributed by atoms with Gasteiger partial charge in [-0.15, -0.1) is 0 Å². The van der Waals surface area contributed by atoms with Crippen molar-refractivity contribution < 1.29 is 9.78 Å². The second kappa shape index (κ2) is 6.25. The number of halogens is 1. The fourth-order valence-electron chi connectivity index (χ4n) is 0.236. The van der Waals surface area contributed by atoms with Crippen molar-refractivity contribution in [3.63, 3.8) is 0 Å². The molecule has 0 aliphatic heterocycles. The van der Waals surface area contributed by atoms with Crippen molar-refractivity contribution in [1.29, 1.82) is 0 Å². The summed E-state index contributed by atoms with van der Waals surface area (Å²) >= 11 is 5.12. The van der Waals surface area contributed by atoms with Crippen molar-refractivity contribution in [2.75, 3.05) is 13.2 Å². The van der Waals surface area contributed by atoms with Crippen LogP contribution in [0.15, 0.2) is 0 Å². The van der Waals surface area contributed by atoms with Crippen LogP contribution in [0.4, 0.5) is 0 Å². The topological polar surface area (TPSA) is 56.5 Å². The van der Waals surface area contributed by atoms with Gasteiger partial charge in [0.15, 0.2) is 0 Å². The van der Waals surface area contributed by atoms with Gasteiger partial charge in [0.05, 0.1) is 12.8 Å². The predicted octanol–water partition coefficient (Wildman–Crippen LogP) is -0.0173. The highest BCUT2D eigenvalue weighted by Crippen LogP contribution is 1.80. The van der Waals surface area contributed by atoms with Crippen molar-refractivity contribution in [1.82, 2.24) is 4.84 Å². The highest BCUT2D eigenvalue weighted by Gasteiger charge is 1.97. The molecule has 1 unspecified atom stereocenters. The zero-order chi connectivity index (χ0) is 7.11. The Balaban J connectivity index is 2.88. The SMILES string of the molecule is CCOOCC(N)NCl. The second-order valence-electron chi connectivity index (χ2n) is 1.41. The Labute approximate surface area is 59.3 Å². The molecule has 9 heavy (non-hydrogen) atoms. The van der Waals surface area contributed by atoms with Crippen LogP contribution in [0.25, 0.3) is 0 Å². The van der Waals surface area contributed by atoms with E-state index in [0.29, 0.717) is 6.61 Å². The zero-order valence-electron chi connectivity index (χ0n) is 5.26. The third kappa shape index (κ3) is 6.01. The fourth-order valence-corrected chi connectivity index (χ4v) is 0.299. The highest BCUT2D eigenvalue weighted by atomic mass is 35.5. The molecule has 0 aromatic rings. The summed E-state index contributed by atoms with van der Waals surface area (Å²) in [7, 11) is 0. The minimum Gasteiger partial charge on any atom is -0.313 e. The van der Waals surface area contributed by atoms with Crippen LogP contribution in [0.3, 0.4) is 0 Å². The van der Waals surface area contributed by atoms with E-state index in [2.05, 4.69) is 14.6 Å². The maximum atomic E-state index is 5.27. The molecule has 0 fully saturated rings. The molecular formula is C4H11ClN2O2. The molecule has 0 radical (unpaired) electrons. The molecule has 0 bridgehead atoms. The monoisotopic (exact) mass is 154 g/mol. The van der Waals surface area contributed by atoms with Gasteiger partial charge in [0.1, 0.15) is 6.61 Å². The van der Waals surface area contributed by atoms with E-state index < -0.39 is 0 Å². The summed E-state index contributed by atoms with van der Waals surface area (Å²) in [6.07, 6.45) is -0.377. The van der Waals surface area contributed by atoms with E-state index in [4.69, 9.17) is 17.5 Å². The number of nitrogens with one attached hydrogen (secondary N) is 1. The Morgan fingerprint density at radius 1 is 1.67 bits per heavy atom. The molecule has 3 N–H and O–H groups in total. The van der Waals surface area contributed by atoms with Crippen LogP contribution in [0, 0.1) is 0 Å². The summed E-state index contributed by atoms with van der Waals surface area (Å²) in [6.45, 7) is 2.58. The molecular weight excluding hydrogens is 144 g/mol. The van der Waals surface area contributed by atoms with Crippen LogP contribution in [-0.2, 0) is 9.78 Å². The largest absolute Gasteiger partial charge is 0.313 e. The summed E-state index contributed by atoms with van der Waals surface area (Å²) in [5, 5.41) is 0. The van der Waals surface area contributed by atoms with Crippen molar-refractivity contribution in [3.05, 3.63) is 0 Å². The average Bonchev–Trinajstić information content (AvgIpc) is 1.89. The highest BCUT2D eigenvalue weighted by molar-refractivity contribution is 6.13. The lowest BCUT2D eigenvalue weighted by Gasteiger charge is -2.06. The van der Waals surface area contributed by atoms with E-state index in [1.165, 1.54) is 0 Å². The normalized spacial score (nSPS) is 13.7. The number of hydrogen-bond acceptors (Lipinski definition) is 4. The molecule has 5 heteroatoms. The quantitative estimate of drug-likeness (QED) is 0.192. The third-order valence-electron chi connectivity index (χ3n) is 0.589. The summed E-state index contributed by atoms with van der Waals surface area (Å²) in [4.78, 5) is 11.4. The van der Waals surface area contributed by atoms with E-state index in [-0.39, 0.29) is 12.8 Å². The number of nitrogens with two attached hydrogens (primary N) is 1. The molecule has 0 aromatic heterocycles. The Hall–Kier alpha value is 0.130. The molecule has 0 saturated heterocycles. The molecule has 0 aromatic carbocycles. The van der Waals surface area contributed by atoms with Gasteiger partial charge >= 0.3 is 0 Å². The second-order valence-corrected chi connectivity index (χ2v) is 1.62. The molecule has 0 heterocycles. The molecule has 0 rings (SSSR count). The smallest absolute Gasteiger partial charge is 0.112 e. The lowest BCUT2D eigenvalue weighted by molar-refractivity contribution is -0.293. The lowest BCUT2D eigenvalue weighted by atomic mass is 10.6. The molecule has 0 saturated carbocycles. The summed E-state index contributed by atoms with van der Waals surface area (Å²) in [6, 6.07) is 0. The van der Waals surface area contributed by atoms with Gasteiger partial charge in [-0.2, -0.15) is 0 Å². The van der Waals surface area contributed by atoms with Gasteiger partial charge < -0.3 is 5.73 Å². The van der Waals surface area contributed by atoms with Gasteiger partial charge in [-0.05, 0) is 18.7 Å². The van der Waals surface area contributed by atoms with E-state index in [1.807, 2.05) is 6.92 Å². The van der Waals surface area contributed by atoms with Crippen molar-refractivity contribution >= 4 is 11.8 Å². The van der Waals surface area contributed by atoms with Gasteiger partial charge in [0.25, 0.3) is 0 Å². The van der Waals surface area contributed by atoms with E-state index in [0.717, 1.165) is 0 Å². The zero-order valence-corrected chi connectivity index (χ0v) is 6.02. The van der Waals surface area contributed by atoms with Crippen LogP contribution < -0.4 is 10.6 Å². The van der Waals surface area contributed by atoms with Crippen LogP contribution in [0.2, 0.25) is 0 Å². The molecule has 4 nitrogen and oxygen atoms in total. The summed E-state index contributed by atoms with van der Waals surface area (Å²) in [5.41, 5.74) is 5.27. The fraction of sp³-hybridized carbons (Fsp3) is 1.00. The number of hydrogen-bond donors (Lipinski definition) is 2. The van der Waals surface area contributed by atoms with Crippen molar-refractivity contribution in [3.8, 4) is 0 Å². The third-order valence-corrected chi connectivity index (χ3v) is 0.869. The van der Waals surface area contributed by atoms with Gasteiger partial charge in [0.2, 0.25) is 0 Å². The van der Waals surface area contributed by atoms with Crippen molar-refractivity contribution in [2.24, 2.45) is 5.73 Å². The van der Waals surface area contributed by atoms with Crippen LogP contribution in [-0.4, -0.2) is 19.4 Å². The van der Waals surface area contributed by atoms with Crippen LogP contribution >= 0.6 is 11.8 Å². The van der Waals surface area contributed by atoms with Crippen LogP contribution in [0.5, 0.6) is 0 Å². The summed E-state index contributed by atoms with van der Waals surface area (Å²) in [5.74, 6) is 0. The first-order valence-corrected chi connectivity index (χ1v) is 3.05. The number of rotatable bonds is 5. The maximum absolute atomic E-state index is 5.27. The minimum absolute atomic E-state index is 0.247. The van der Waals surface area contributed by atoms with Gasteiger partial charge in [0, 0.05) is 0 Å². The first-order valence-electron chi connectivity index (χ1n) is 2.67. The lowest BCUT2D eigenvalue weighted by Crippen LogP contribution is -2.35. The van der Waals surface area contributed by atoms with Gasteiger partial charge in [-0.25, -0.2) is 14.6 Å². The molecule has 0 aliphatic carbocycles.